The summed E-state index contributed by atoms with van der Waals surface area (Å²) in [4.78, 5) is 17.4. The number of benzene rings is 1. The molecule has 1 aromatic carbocycles. The maximum absolute atomic E-state index is 14.2. The Morgan fingerprint density at radius 2 is 1.39 bits per heavy atom. The summed E-state index contributed by atoms with van der Waals surface area (Å²) in [6, 6.07) is 3.84. The van der Waals surface area contributed by atoms with E-state index in [1.54, 1.807) is 6.08 Å². The summed E-state index contributed by atoms with van der Waals surface area (Å²) in [5.74, 6) is -0.969. The molecular weight excluding hydrogens is 610 g/mol. The monoisotopic (exact) mass is 658 g/mol. The van der Waals surface area contributed by atoms with E-state index in [1.807, 2.05) is 17.9 Å². The highest BCUT2D eigenvalue weighted by molar-refractivity contribution is 7.88. The number of piperidine rings is 3. The normalized spacial score (nSPS) is 22.0. The first-order valence-electron chi connectivity index (χ1n) is 15.8. The molecule has 9 nitrogen and oxygen atoms in total. The van der Waals surface area contributed by atoms with Crippen molar-refractivity contribution in [2.24, 2.45) is 11.8 Å². The number of likely N-dealkylation sites (tertiary alicyclic amines) is 1. The van der Waals surface area contributed by atoms with E-state index in [0.717, 1.165) is 38.5 Å². The molecule has 0 aromatic heterocycles. The Morgan fingerprint density at radius 3 is 1.89 bits per heavy atom. The molecule has 1 amide bonds. The third kappa shape index (κ3) is 9.54. The molecule has 1 atom stereocenters. The van der Waals surface area contributed by atoms with Gasteiger partial charge in [-0.3, -0.25) is 4.79 Å². The minimum atomic E-state index is -3.27. The predicted octanol–water partition coefficient (Wildman–Crippen LogP) is 3.65. The molecule has 0 N–H and O–H groups in total. The molecule has 13 heteroatoms. The highest BCUT2D eigenvalue weighted by atomic mass is 32.2. The van der Waals surface area contributed by atoms with Crippen molar-refractivity contribution in [1.29, 1.82) is 0 Å². The van der Waals surface area contributed by atoms with Gasteiger partial charge >= 0.3 is 0 Å². The molecule has 0 radical (unpaired) electrons. The van der Waals surface area contributed by atoms with Crippen molar-refractivity contribution in [2.75, 3.05) is 64.9 Å². The Morgan fingerprint density at radius 1 is 0.864 bits per heavy atom. The molecule has 0 bridgehead atoms. The Labute approximate surface area is 262 Å². The van der Waals surface area contributed by atoms with Crippen LogP contribution in [0.5, 0.6) is 0 Å². The van der Waals surface area contributed by atoms with Crippen LogP contribution < -0.4 is 0 Å². The lowest BCUT2D eigenvalue weighted by Gasteiger charge is -2.39. The van der Waals surface area contributed by atoms with Crippen molar-refractivity contribution >= 4 is 26.0 Å². The highest BCUT2D eigenvalue weighted by Gasteiger charge is 2.33. The number of hydrogen-bond acceptors (Lipinski definition) is 6. The highest BCUT2D eigenvalue weighted by Crippen LogP contribution is 2.37. The average molecular weight is 659 g/mol. The van der Waals surface area contributed by atoms with E-state index in [1.165, 1.54) is 33.3 Å². The second-order valence-electron chi connectivity index (χ2n) is 12.7. The van der Waals surface area contributed by atoms with Gasteiger partial charge in [0.15, 0.2) is 0 Å². The number of sulfonamides is 2. The largest absolute Gasteiger partial charge is 0.336 e. The summed E-state index contributed by atoms with van der Waals surface area (Å²) < 4.78 is 78.9. The van der Waals surface area contributed by atoms with Crippen molar-refractivity contribution in [3.05, 3.63) is 47.5 Å². The van der Waals surface area contributed by atoms with Gasteiger partial charge in [-0.2, -0.15) is 0 Å². The number of allylic oxidation sites excluding steroid dienone is 1. The van der Waals surface area contributed by atoms with E-state index in [2.05, 4.69) is 4.90 Å². The van der Waals surface area contributed by atoms with Crippen LogP contribution in [0.25, 0.3) is 0 Å². The van der Waals surface area contributed by atoms with Crippen LogP contribution >= 0.6 is 0 Å². The average Bonchev–Trinajstić information content (AvgIpc) is 2.96. The number of rotatable bonds is 11. The Bertz CT molecular complexity index is 1350. The van der Waals surface area contributed by atoms with Crippen LogP contribution in [0.15, 0.2) is 30.4 Å². The third-order valence-corrected chi connectivity index (χ3v) is 12.3. The molecule has 0 saturated carbocycles. The SMILES string of the molecule is CCN(C(=O)/C=C/C1CCN(S(C)(=O)=O)CC1)C1CCN(CC[C@@H](c2cc(F)cc(F)c2)C2CCN(S(C)(=O)=O)CC2)CC1. The Balaban J connectivity index is 1.30. The zero-order valence-electron chi connectivity index (χ0n) is 26.2. The van der Waals surface area contributed by atoms with Crippen molar-refractivity contribution in [3.63, 3.8) is 0 Å². The predicted molar refractivity (Wildman–Crippen MR) is 168 cm³/mol. The first kappa shape index (κ1) is 34.9. The van der Waals surface area contributed by atoms with Crippen LogP contribution in [0.1, 0.15) is 63.4 Å². The van der Waals surface area contributed by atoms with Gasteiger partial charge in [0.1, 0.15) is 11.6 Å². The summed E-state index contributed by atoms with van der Waals surface area (Å²) in [5, 5.41) is 0. The van der Waals surface area contributed by atoms with Crippen molar-refractivity contribution in [3.8, 4) is 0 Å². The lowest BCUT2D eigenvalue weighted by atomic mass is 9.78. The molecule has 44 heavy (non-hydrogen) atoms. The zero-order valence-corrected chi connectivity index (χ0v) is 27.8. The van der Waals surface area contributed by atoms with Gasteiger partial charge in [-0.15, -0.1) is 0 Å². The molecule has 3 heterocycles. The van der Waals surface area contributed by atoms with E-state index < -0.39 is 31.7 Å². The first-order chi connectivity index (χ1) is 20.7. The molecule has 0 unspecified atom stereocenters. The summed E-state index contributed by atoms with van der Waals surface area (Å²) in [6.45, 7) is 6.78. The number of amides is 1. The van der Waals surface area contributed by atoms with Crippen LogP contribution in [0.2, 0.25) is 0 Å². The van der Waals surface area contributed by atoms with Gasteiger partial charge in [-0.05, 0) is 99.9 Å². The lowest BCUT2D eigenvalue weighted by molar-refractivity contribution is -0.129. The summed E-state index contributed by atoms with van der Waals surface area (Å²) in [6.07, 6.45) is 11.2. The van der Waals surface area contributed by atoms with Crippen molar-refractivity contribution in [1.82, 2.24) is 18.4 Å². The smallest absolute Gasteiger partial charge is 0.246 e. The van der Waals surface area contributed by atoms with Crippen molar-refractivity contribution in [2.45, 2.75) is 63.8 Å². The molecule has 0 aliphatic carbocycles. The standard InChI is InChI=1S/C31H48F2N4O5S2/c1-4-37(31(38)6-5-24-7-17-35(18-8-24)43(2,39)40)29-11-14-34(15-12-29)16-13-30(26-21-27(32)23-28(33)22-26)25-9-19-36(20-10-25)44(3,41)42/h5-6,21-25,29-30H,4,7-20H2,1-3H3/b6-5+/t30-/m1/s1. The number of carbonyl (C=O) groups excluding carboxylic acids is 1. The van der Waals surface area contributed by atoms with Gasteiger partial charge in [0.2, 0.25) is 26.0 Å². The van der Waals surface area contributed by atoms with Gasteiger partial charge in [0.25, 0.3) is 0 Å². The maximum atomic E-state index is 14.2. The molecule has 3 aliphatic rings. The van der Waals surface area contributed by atoms with E-state index in [0.29, 0.717) is 70.4 Å². The molecule has 3 saturated heterocycles. The summed E-state index contributed by atoms with van der Waals surface area (Å²) in [7, 11) is -6.45. The summed E-state index contributed by atoms with van der Waals surface area (Å²) >= 11 is 0. The van der Waals surface area contributed by atoms with Crippen LogP contribution in [-0.2, 0) is 24.8 Å². The van der Waals surface area contributed by atoms with E-state index in [-0.39, 0.29) is 29.7 Å². The van der Waals surface area contributed by atoms with Gasteiger partial charge in [0.05, 0.1) is 12.5 Å². The molecule has 1 aromatic rings. The van der Waals surface area contributed by atoms with Crippen LogP contribution in [0.4, 0.5) is 8.78 Å². The Kier molecular flexibility index (Phi) is 12.0. The van der Waals surface area contributed by atoms with Gasteiger partial charge in [0, 0.05) is 57.9 Å². The topological polar surface area (TPSA) is 98.3 Å². The molecule has 4 rings (SSSR count). The summed E-state index contributed by atoms with van der Waals surface area (Å²) in [5.41, 5.74) is 0.631. The van der Waals surface area contributed by atoms with Gasteiger partial charge in [-0.1, -0.05) is 6.08 Å². The fourth-order valence-corrected chi connectivity index (χ4v) is 8.91. The number of nitrogens with zero attached hydrogens (tertiary/aromatic N) is 4. The number of likely N-dealkylation sites (N-methyl/N-ethyl adjacent to an activating group) is 1. The van der Waals surface area contributed by atoms with Crippen LogP contribution in [0.3, 0.4) is 0 Å². The fourth-order valence-electron chi connectivity index (χ4n) is 7.16. The minimum Gasteiger partial charge on any atom is -0.336 e. The van der Waals surface area contributed by atoms with Crippen LogP contribution in [0, 0.1) is 23.5 Å². The van der Waals surface area contributed by atoms with Crippen LogP contribution in [-0.4, -0.2) is 112 Å². The second kappa shape index (κ2) is 15.1. The number of halogens is 2. The molecule has 3 fully saturated rings. The molecular formula is C31H48F2N4O5S2. The minimum absolute atomic E-state index is 0.00914. The van der Waals surface area contributed by atoms with Crippen molar-refractivity contribution < 1.29 is 30.4 Å². The van der Waals surface area contributed by atoms with E-state index in [9.17, 15) is 30.4 Å². The molecule has 248 valence electrons. The molecule has 0 spiro atoms. The maximum Gasteiger partial charge on any atom is 0.246 e. The van der Waals surface area contributed by atoms with E-state index >= 15 is 0 Å². The van der Waals surface area contributed by atoms with E-state index in [4.69, 9.17) is 0 Å². The van der Waals surface area contributed by atoms with Gasteiger partial charge in [-0.25, -0.2) is 34.2 Å². The zero-order chi connectivity index (χ0) is 32.1. The first-order valence-corrected chi connectivity index (χ1v) is 19.5. The second-order valence-corrected chi connectivity index (χ2v) is 16.6. The Hall–Kier alpha value is -1.93. The van der Waals surface area contributed by atoms with Gasteiger partial charge < -0.3 is 9.80 Å². The third-order valence-electron chi connectivity index (χ3n) is 9.71. The number of carbonyl (C=O) groups is 1. The molecule has 3 aliphatic heterocycles. The lowest BCUT2D eigenvalue weighted by Crippen LogP contribution is -2.47. The number of hydrogen-bond donors (Lipinski definition) is 0. The quantitative estimate of drug-likeness (QED) is 0.337. The fraction of sp³-hybridized carbons (Fsp3) is 0.710.